The highest BCUT2D eigenvalue weighted by atomic mass is 16.3. The van der Waals surface area contributed by atoms with E-state index in [0.29, 0.717) is 11.1 Å². The Morgan fingerprint density at radius 3 is 1.52 bits per heavy atom. The van der Waals surface area contributed by atoms with E-state index in [9.17, 15) is 5.48 Å². The molecule has 1 heterocycles. The fourth-order valence-corrected chi connectivity index (χ4v) is 6.49. The lowest BCUT2D eigenvalue weighted by Crippen LogP contribution is -1.95. The van der Waals surface area contributed by atoms with Crippen molar-refractivity contribution in [3.8, 4) is 33.4 Å². The number of furan rings is 1. The Labute approximate surface area is 286 Å². The highest BCUT2D eigenvalue weighted by Gasteiger charge is 2.18. The van der Waals surface area contributed by atoms with Crippen LogP contribution >= 0.6 is 0 Å². The van der Waals surface area contributed by atoms with Crippen LogP contribution in [0.25, 0.3) is 76.9 Å². The maximum Gasteiger partial charge on any atom is 0.136 e. The van der Waals surface area contributed by atoms with Gasteiger partial charge < -0.3 is 4.42 Å². The Hall–Kier alpha value is -5.92. The average molecular weight is 600 g/mol. The Morgan fingerprint density at radius 1 is 0.435 bits per heavy atom. The molecule has 1 nitrogen and oxygen atoms in total. The lowest BCUT2D eigenvalue weighted by molar-refractivity contribution is 0.669. The van der Waals surface area contributed by atoms with Gasteiger partial charge >= 0.3 is 0 Å². The maximum atomic E-state index is 9.23. The van der Waals surface area contributed by atoms with Gasteiger partial charge in [-0.05, 0) is 84.6 Å². The highest BCUT2D eigenvalue weighted by molar-refractivity contribution is 6.18. The van der Waals surface area contributed by atoms with E-state index >= 15 is 0 Å². The van der Waals surface area contributed by atoms with Crippen LogP contribution < -0.4 is 0 Å². The highest BCUT2D eigenvalue weighted by Crippen LogP contribution is 2.43. The molecule has 0 aliphatic carbocycles. The smallest absolute Gasteiger partial charge is 0.136 e. The van der Waals surface area contributed by atoms with E-state index in [1.54, 1.807) is 12.1 Å². The summed E-state index contributed by atoms with van der Waals surface area (Å²) in [6, 6.07) is 21.8. The minimum Gasteiger partial charge on any atom is -0.456 e. The third-order valence-electron chi connectivity index (χ3n) is 8.48. The SMILES string of the molecule is [2H]c1c([2H])c([2H])c(Cc2c3c([2H])c([2H])c([2H])c([2H])c3c(-c3ccc(-c4cccc5oc6cccc(-c7ccccc7)c6c45)cc3)c3c([2H])c([2H])c([2H])c([2H])c23)c([2H])c1[2H]. The van der Waals surface area contributed by atoms with E-state index in [0.717, 1.165) is 38.6 Å². The first-order valence-corrected chi connectivity index (χ1v) is 14.8. The topological polar surface area (TPSA) is 13.1 Å². The standard InChI is InChI=1S/C45H30O/c1-3-13-30(14-4-1)29-40-36-17-7-9-19-38(36)43(39-20-10-8-18-37(39)40)33-27-25-32(26-28-33)35-22-12-24-42-45(35)44-34(21-11-23-41(44)46-42)31-15-5-2-6-16-31/h1-28H,29H2/i1D,3D,4D,7D,8D,9D,10D,13D,14D,17D,18D,19D,20D. The van der Waals surface area contributed by atoms with Gasteiger partial charge in [0.15, 0.2) is 0 Å². The molecule has 0 aliphatic rings. The van der Waals surface area contributed by atoms with Crippen LogP contribution in [0.2, 0.25) is 0 Å². The third kappa shape index (κ3) is 4.32. The van der Waals surface area contributed by atoms with Gasteiger partial charge in [0.05, 0.1) is 17.8 Å². The van der Waals surface area contributed by atoms with Gasteiger partial charge in [-0.1, -0.05) is 157 Å². The van der Waals surface area contributed by atoms with Gasteiger partial charge in [0, 0.05) is 10.8 Å². The summed E-state index contributed by atoms with van der Waals surface area (Å²) < 4.78 is 120. The van der Waals surface area contributed by atoms with Gasteiger partial charge in [-0.25, -0.2) is 0 Å². The normalized spacial score (nSPS) is 15.5. The molecule has 0 bridgehead atoms. The molecule has 0 saturated heterocycles. The largest absolute Gasteiger partial charge is 0.456 e. The van der Waals surface area contributed by atoms with Crippen molar-refractivity contribution in [1.29, 1.82) is 0 Å². The number of benzene rings is 8. The van der Waals surface area contributed by atoms with E-state index in [1.165, 1.54) is 0 Å². The Bertz CT molecular complexity index is 3160. The van der Waals surface area contributed by atoms with Gasteiger partial charge in [0.2, 0.25) is 0 Å². The van der Waals surface area contributed by atoms with Gasteiger partial charge in [-0.2, -0.15) is 0 Å². The summed E-state index contributed by atoms with van der Waals surface area (Å²) >= 11 is 0. The van der Waals surface area contributed by atoms with E-state index in [2.05, 4.69) is 0 Å². The molecule has 1 aromatic heterocycles. The Kier molecular flexibility index (Phi) is 3.89. The zero-order chi connectivity index (χ0) is 41.8. The molecule has 0 unspecified atom stereocenters. The van der Waals surface area contributed by atoms with Crippen LogP contribution in [0.4, 0.5) is 0 Å². The van der Waals surface area contributed by atoms with Crippen LogP contribution in [0, 0.1) is 0 Å². The van der Waals surface area contributed by atoms with Crippen LogP contribution in [-0.4, -0.2) is 0 Å². The van der Waals surface area contributed by atoms with E-state index in [4.69, 9.17) is 16.8 Å². The molecular weight excluding hydrogens is 556 g/mol. The van der Waals surface area contributed by atoms with Crippen LogP contribution in [-0.2, 0) is 6.42 Å². The van der Waals surface area contributed by atoms with Crippen LogP contribution in [0.5, 0.6) is 0 Å². The molecule has 0 saturated carbocycles. The summed E-state index contributed by atoms with van der Waals surface area (Å²) in [6.45, 7) is 0. The first-order valence-electron chi connectivity index (χ1n) is 21.3. The van der Waals surface area contributed by atoms with E-state index < -0.39 is 85.0 Å². The second kappa shape index (κ2) is 10.9. The zero-order valence-corrected chi connectivity index (χ0v) is 24.3. The van der Waals surface area contributed by atoms with Crippen LogP contribution in [0.15, 0.2) is 174 Å². The fraction of sp³-hybridized carbons (Fsp3) is 0.0222. The summed E-state index contributed by atoms with van der Waals surface area (Å²) in [6.07, 6.45) is -0.486. The van der Waals surface area contributed by atoms with Gasteiger partial charge in [0.25, 0.3) is 0 Å². The second-order valence-electron chi connectivity index (χ2n) is 11.0. The first-order chi connectivity index (χ1) is 28.2. The van der Waals surface area contributed by atoms with Gasteiger partial charge in [0.1, 0.15) is 11.2 Å². The lowest BCUT2D eigenvalue weighted by atomic mass is 9.86. The molecule has 9 rings (SSSR count). The first kappa shape index (κ1) is 16.4. The van der Waals surface area contributed by atoms with Crippen LogP contribution in [0.3, 0.4) is 0 Å². The second-order valence-corrected chi connectivity index (χ2v) is 11.0. The van der Waals surface area contributed by atoms with Crippen molar-refractivity contribution in [2.75, 3.05) is 0 Å². The number of hydrogen-bond acceptors (Lipinski definition) is 1. The third-order valence-corrected chi connectivity index (χ3v) is 8.48. The average Bonchev–Trinajstić information content (AvgIpc) is 3.65. The molecule has 9 aromatic rings. The molecule has 0 fully saturated rings. The minimum atomic E-state index is -0.616. The molecule has 8 aromatic carbocycles. The van der Waals surface area contributed by atoms with Gasteiger partial charge in [-0.15, -0.1) is 0 Å². The monoisotopic (exact) mass is 599 g/mol. The Morgan fingerprint density at radius 2 is 0.935 bits per heavy atom. The molecule has 0 amide bonds. The summed E-state index contributed by atoms with van der Waals surface area (Å²) in [5, 5.41) is 1.61. The molecule has 46 heavy (non-hydrogen) atoms. The predicted octanol–water partition coefficient (Wildman–Crippen LogP) is 12.5. The number of fused-ring (bicyclic) bond motifs is 5. The summed E-state index contributed by atoms with van der Waals surface area (Å²) in [5.41, 5.74) is 5.42. The zero-order valence-electron chi connectivity index (χ0n) is 37.3. The molecule has 1 heteroatoms. The number of rotatable bonds is 5. The summed E-state index contributed by atoms with van der Waals surface area (Å²) in [5.74, 6) is 0. The van der Waals surface area contributed by atoms with Gasteiger partial charge in [-0.3, -0.25) is 0 Å². The van der Waals surface area contributed by atoms with Crippen molar-refractivity contribution >= 4 is 43.5 Å². The molecular formula is C45H30O. The van der Waals surface area contributed by atoms with E-state index in [-0.39, 0.29) is 38.2 Å². The number of hydrogen-bond donors (Lipinski definition) is 0. The van der Waals surface area contributed by atoms with E-state index in [1.807, 2.05) is 78.9 Å². The van der Waals surface area contributed by atoms with Crippen molar-refractivity contribution in [2.24, 2.45) is 0 Å². The molecule has 0 N–H and O–H groups in total. The van der Waals surface area contributed by atoms with Crippen molar-refractivity contribution < 1.29 is 22.2 Å². The molecule has 0 aliphatic heterocycles. The summed E-state index contributed by atoms with van der Waals surface area (Å²) in [7, 11) is 0. The predicted molar refractivity (Wildman–Crippen MR) is 194 cm³/mol. The molecule has 0 spiro atoms. The van der Waals surface area contributed by atoms with Crippen LogP contribution in [0.1, 0.15) is 28.9 Å². The lowest BCUT2D eigenvalue weighted by Gasteiger charge is -2.18. The Balaban J connectivity index is 1.35. The molecule has 0 radical (unpaired) electrons. The summed E-state index contributed by atoms with van der Waals surface area (Å²) in [4.78, 5) is 0. The molecule has 0 atom stereocenters. The maximum absolute atomic E-state index is 9.23. The molecule has 216 valence electrons. The quantitative estimate of drug-likeness (QED) is 0.179. The van der Waals surface area contributed by atoms with Crippen molar-refractivity contribution in [1.82, 2.24) is 0 Å². The van der Waals surface area contributed by atoms with Crippen molar-refractivity contribution in [2.45, 2.75) is 6.42 Å². The minimum absolute atomic E-state index is 0.0133. The van der Waals surface area contributed by atoms with Crippen molar-refractivity contribution in [3.63, 3.8) is 0 Å². The van der Waals surface area contributed by atoms with Crippen molar-refractivity contribution in [3.05, 3.63) is 181 Å². The fourth-order valence-electron chi connectivity index (χ4n) is 6.49.